The normalized spacial score (nSPS) is 31.6. The number of sulfone groups is 1. The second-order valence-corrected chi connectivity index (χ2v) is 7.49. The fourth-order valence-electron chi connectivity index (χ4n) is 2.37. The van der Waals surface area contributed by atoms with E-state index in [1.54, 1.807) is 0 Å². The summed E-state index contributed by atoms with van der Waals surface area (Å²) >= 11 is 0. The molecule has 1 saturated carbocycles. The summed E-state index contributed by atoms with van der Waals surface area (Å²) in [5.74, 6) is 0.703. The van der Waals surface area contributed by atoms with E-state index < -0.39 is 15.4 Å². The van der Waals surface area contributed by atoms with Crippen LogP contribution in [0.5, 0.6) is 0 Å². The van der Waals surface area contributed by atoms with E-state index in [0.29, 0.717) is 19.0 Å². The standard InChI is InChI=1S/C11H23NO3S/c1-10-4-3-5-11(13,8-10)9-12-6-7-16(2,14)15/h10,12-13H,3-9H2,1-2H3. The smallest absolute Gasteiger partial charge is 0.148 e. The van der Waals surface area contributed by atoms with Crippen LogP contribution in [0.15, 0.2) is 0 Å². The topological polar surface area (TPSA) is 66.4 Å². The summed E-state index contributed by atoms with van der Waals surface area (Å²) in [7, 11) is -2.90. The van der Waals surface area contributed by atoms with Crippen molar-refractivity contribution in [2.75, 3.05) is 25.1 Å². The van der Waals surface area contributed by atoms with E-state index in [1.165, 1.54) is 12.7 Å². The maximum atomic E-state index is 10.9. The summed E-state index contributed by atoms with van der Waals surface area (Å²) in [4.78, 5) is 0. The average Bonchev–Trinajstić information content (AvgIpc) is 2.11. The van der Waals surface area contributed by atoms with Gasteiger partial charge in [-0.05, 0) is 18.8 Å². The van der Waals surface area contributed by atoms with Crippen molar-refractivity contribution in [3.8, 4) is 0 Å². The van der Waals surface area contributed by atoms with Gasteiger partial charge in [0.05, 0.1) is 11.4 Å². The van der Waals surface area contributed by atoms with Crippen LogP contribution >= 0.6 is 0 Å². The van der Waals surface area contributed by atoms with Crippen LogP contribution in [0.25, 0.3) is 0 Å². The predicted octanol–water partition coefficient (Wildman–Crippen LogP) is 0.562. The zero-order chi connectivity index (χ0) is 12.2. The van der Waals surface area contributed by atoms with Crippen LogP contribution in [0.3, 0.4) is 0 Å². The summed E-state index contributed by atoms with van der Waals surface area (Å²) in [5.41, 5.74) is -0.630. The highest BCUT2D eigenvalue weighted by atomic mass is 32.2. The van der Waals surface area contributed by atoms with Crippen LogP contribution in [0.1, 0.15) is 32.6 Å². The van der Waals surface area contributed by atoms with Crippen LogP contribution in [0.2, 0.25) is 0 Å². The first-order valence-electron chi connectivity index (χ1n) is 5.92. The lowest BCUT2D eigenvalue weighted by Gasteiger charge is -2.35. The highest BCUT2D eigenvalue weighted by molar-refractivity contribution is 7.90. The molecule has 2 N–H and O–H groups in total. The van der Waals surface area contributed by atoms with Crippen molar-refractivity contribution in [1.82, 2.24) is 5.32 Å². The molecule has 1 aliphatic rings. The second kappa shape index (κ2) is 5.47. The molecule has 0 aromatic heterocycles. The van der Waals surface area contributed by atoms with Crippen molar-refractivity contribution in [2.45, 2.75) is 38.2 Å². The van der Waals surface area contributed by atoms with Gasteiger partial charge in [-0.3, -0.25) is 0 Å². The molecular weight excluding hydrogens is 226 g/mol. The van der Waals surface area contributed by atoms with E-state index in [-0.39, 0.29) is 5.75 Å². The van der Waals surface area contributed by atoms with Crippen molar-refractivity contribution < 1.29 is 13.5 Å². The Hall–Kier alpha value is -0.130. The molecule has 2 unspecified atom stereocenters. The predicted molar refractivity (Wildman–Crippen MR) is 65.2 cm³/mol. The summed E-state index contributed by atoms with van der Waals surface area (Å²) in [6, 6.07) is 0. The highest BCUT2D eigenvalue weighted by Gasteiger charge is 2.31. The Morgan fingerprint density at radius 2 is 2.19 bits per heavy atom. The van der Waals surface area contributed by atoms with E-state index in [0.717, 1.165) is 19.3 Å². The van der Waals surface area contributed by atoms with Gasteiger partial charge in [-0.15, -0.1) is 0 Å². The molecule has 0 spiro atoms. The SMILES string of the molecule is CC1CCCC(O)(CNCCS(C)(=O)=O)C1. The number of aliphatic hydroxyl groups is 1. The average molecular weight is 249 g/mol. The Bertz CT molecular complexity index is 315. The second-order valence-electron chi connectivity index (χ2n) is 5.23. The zero-order valence-corrected chi connectivity index (χ0v) is 11.0. The third kappa shape index (κ3) is 5.27. The summed E-state index contributed by atoms with van der Waals surface area (Å²) in [6.07, 6.45) is 5.12. The van der Waals surface area contributed by atoms with Crippen molar-refractivity contribution in [1.29, 1.82) is 0 Å². The molecule has 4 nitrogen and oxygen atoms in total. The molecule has 0 aromatic rings. The van der Waals surface area contributed by atoms with E-state index in [4.69, 9.17) is 0 Å². The number of hydrogen-bond acceptors (Lipinski definition) is 4. The molecule has 1 aliphatic carbocycles. The quantitative estimate of drug-likeness (QED) is 0.699. The molecule has 0 bridgehead atoms. The Morgan fingerprint density at radius 1 is 1.50 bits per heavy atom. The molecule has 2 atom stereocenters. The van der Waals surface area contributed by atoms with Gasteiger partial charge in [0.25, 0.3) is 0 Å². The minimum atomic E-state index is -2.90. The summed E-state index contributed by atoms with van der Waals surface area (Å²) < 4.78 is 21.8. The van der Waals surface area contributed by atoms with Crippen LogP contribution in [0.4, 0.5) is 0 Å². The van der Waals surface area contributed by atoms with Gasteiger partial charge in [0.15, 0.2) is 0 Å². The molecular formula is C11H23NO3S. The van der Waals surface area contributed by atoms with Crippen LogP contribution in [0, 0.1) is 5.92 Å². The molecule has 0 heterocycles. The van der Waals surface area contributed by atoms with Gasteiger partial charge in [0.2, 0.25) is 0 Å². The molecule has 0 aliphatic heterocycles. The van der Waals surface area contributed by atoms with E-state index in [1.807, 2.05) is 0 Å². The van der Waals surface area contributed by atoms with Crippen molar-refractivity contribution in [3.63, 3.8) is 0 Å². The lowest BCUT2D eigenvalue weighted by molar-refractivity contribution is -0.0112. The minimum absolute atomic E-state index is 0.138. The molecule has 16 heavy (non-hydrogen) atoms. The molecule has 96 valence electrons. The van der Waals surface area contributed by atoms with Gasteiger partial charge in [0, 0.05) is 19.3 Å². The van der Waals surface area contributed by atoms with Gasteiger partial charge >= 0.3 is 0 Å². The van der Waals surface area contributed by atoms with Gasteiger partial charge in [-0.25, -0.2) is 8.42 Å². The molecule has 1 fully saturated rings. The van der Waals surface area contributed by atoms with Gasteiger partial charge < -0.3 is 10.4 Å². The zero-order valence-electron chi connectivity index (χ0n) is 10.2. The fourth-order valence-corrected chi connectivity index (χ4v) is 2.89. The number of nitrogens with one attached hydrogen (secondary N) is 1. The maximum Gasteiger partial charge on any atom is 0.148 e. The highest BCUT2D eigenvalue weighted by Crippen LogP contribution is 2.31. The Kier molecular flexibility index (Phi) is 4.76. The summed E-state index contributed by atoms with van der Waals surface area (Å²) in [5, 5.41) is 13.3. The van der Waals surface area contributed by atoms with Crippen molar-refractivity contribution in [3.05, 3.63) is 0 Å². The Morgan fingerprint density at radius 3 is 2.75 bits per heavy atom. The fraction of sp³-hybridized carbons (Fsp3) is 1.00. The molecule has 0 radical (unpaired) electrons. The number of hydrogen-bond donors (Lipinski definition) is 2. The molecule has 1 rings (SSSR count). The molecule has 0 saturated heterocycles. The number of rotatable bonds is 5. The third-order valence-corrected chi connectivity index (χ3v) is 4.12. The van der Waals surface area contributed by atoms with E-state index in [9.17, 15) is 13.5 Å². The largest absolute Gasteiger partial charge is 0.389 e. The first-order valence-corrected chi connectivity index (χ1v) is 7.98. The lowest BCUT2D eigenvalue weighted by atomic mass is 9.79. The van der Waals surface area contributed by atoms with E-state index in [2.05, 4.69) is 12.2 Å². The van der Waals surface area contributed by atoms with Crippen LogP contribution in [-0.2, 0) is 9.84 Å². The van der Waals surface area contributed by atoms with Gasteiger partial charge in [0.1, 0.15) is 9.84 Å². The molecule has 5 heteroatoms. The minimum Gasteiger partial charge on any atom is -0.389 e. The van der Waals surface area contributed by atoms with Crippen molar-refractivity contribution >= 4 is 9.84 Å². The van der Waals surface area contributed by atoms with Crippen LogP contribution in [-0.4, -0.2) is 44.2 Å². The first kappa shape index (κ1) is 13.9. The first-order chi connectivity index (χ1) is 7.31. The monoisotopic (exact) mass is 249 g/mol. The van der Waals surface area contributed by atoms with Crippen molar-refractivity contribution in [2.24, 2.45) is 5.92 Å². The maximum absolute atomic E-state index is 10.9. The Balaban J connectivity index is 2.26. The van der Waals surface area contributed by atoms with Gasteiger partial charge in [-0.1, -0.05) is 19.8 Å². The summed E-state index contributed by atoms with van der Waals surface area (Å²) in [6.45, 7) is 3.09. The Labute approximate surface area is 98.4 Å². The van der Waals surface area contributed by atoms with Crippen LogP contribution < -0.4 is 5.32 Å². The van der Waals surface area contributed by atoms with E-state index >= 15 is 0 Å². The third-order valence-electron chi connectivity index (χ3n) is 3.17. The van der Waals surface area contributed by atoms with Gasteiger partial charge in [-0.2, -0.15) is 0 Å². The molecule has 0 amide bonds. The lowest BCUT2D eigenvalue weighted by Crippen LogP contribution is -2.45. The molecule has 0 aromatic carbocycles.